The third kappa shape index (κ3) is 4.87. The highest BCUT2D eigenvalue weighted by atomic mass is 79.9. The van der Waals surface area contributed by atoms with Crippen molar-refractivity contribution in [2.75, 3.05) is 12.8 Å². The lowest BCUT2D eigenvalue weighted by Crippen LogP contribution is -2.31. The van der Waals surface area contributed by atoms with Crippen LogP contribution in [0.1, 0.15) is 19.2 Å². The molecule has 0 saturated heterocycles. The van der Waals surface area contributed by atoms with Gasteiger partial charge in [-0.1, -0.05) is 19.1 Å². The van der Waals surface area contributed by atoms with Gasteiger partial charge in [-0.2, -0.15) is 0 Å². The van der Waals surface area contributed by atoms with Gasteiger partial charge >= 0.3 is 0 Å². The summed E-state index contributed by atoms with van der Waals surface area (Å²) in [4.78, 5) is 5.79. The van der Waals surface area contributed by atoms with Crippen LogP contribution in [0.4, 0.5) is 0 Å². The number of nitrogens with one attached hydrogen (secondary N) is 1. The fourth-order valence-corrected chi connectivity index (χ4v) is 3.87. The second-order valence-corrected chi connectivity index (χ2v) is 6.88. The molecule has 21 heavy (non-hydrogen) atoms. The highest BCUT2D eigenvalue weighted by molar-refractivity contribution is 9.10. The zero-order chi connectivity index (χ0) is 15.1. The molecule has 0 aliphatic heterocycles. The van der Waals surface area contributed by atoms with E-state index in [0.29, 0.717) is 6.04 Å². The standard InChI is InChI=1S/C16H22BrN3S/c1-3-9-20-10-8-19-16(20)11-13(18-2)12-21-15-7-5-4-6-14(15)17/h4-8,10,13,18H,3,9,11-12H2,1-2H3. The van der Waals surface area contributed by atoms with E-state index in [1.807, 2.05) is 31.1 Å². The molecule has 1 aromatic carbocycles. The Morgan fingerprint density at radius 2 is 2.19 bits per heavy atom. The number of likely N-dealkylation sites (N-methyl/N-ethyl adjacent to an activating group) is 1. The molecule has 1 N–H and O–H groups in total. The number of halogens is 1. The van der Waals surface area contributed by atoms with Crippen molar-refractivity contribution >= 4 is 27.7 Å². The van der Waals surface area contributed by atoms with E-state index in [0.717, 1.165) is 29.6 Å². The number of hydrogen-bond acceptors (Lipinski definition) is 3. The molecule has 0 saturated carbocycles. The zero-order valence-electron chi connectivity index (χ0n) is 12.6. The van der Waals surface area contributed by atoms with E-state index in [4.69, 9.17) is 0 Å². The van der Waals surface area contributed by atoms with E-state index in [9.17, 15) is 0 Å². The Morgan fingerprint density at radius 3 is 2.90 bits per heavy atom. The van der Waals surface area contributed by atoms with Gasteiger partial charge in [0.25, 0.3) is 0 Å². The normalized spacial score (nSPS) is 12.5. The average Bonchev–Trinajstić information content (AvgIpc) is 2.92. The molecule has 0 amide bonds. The lowest BCUT2D eigenvalue weighted by Gasteiger charge is -2.17. The molecule has 3 nitrogen and oxygen atoms in total. The number of imidazole rings is 1. The first-order chi connectivity index (χ1) is 10.2. The Kier molecular flexibility index (Phi) is 6.80. The van der Waals surface area contributed by atoms with Crippen LogP contribution in [-0.2, 0) is 13.0 Å². The topological polar surface area (TPSA) is 29.9 Å². The average molecular weight is 368 g/mol. The fourth-order valence-electron chi connectivity index (χ4n) is 2.19. The summed E-state index contributed by atoms with van der Waals surface area (Å²) >= 11 is 5.48. The minimum absolute atomic E-state index is 0.417. The molecule has 0 fully saturated rings. The molecule has 2 rings (SSSR count). The van der Waals surface area contributed by atoms with Crippen molar-refractivity contribution < 1.29 is 0 Å². The summed E-state index contributed by atoms with van der Waals surface area (Å²) in [5, 5.41) is 3.41. The van der Waals surface area contributed by atoms with Crippen molar-refractivity contribution in [3.8, 4) is 0 Å². The molecule has 1 unspecified atom stereocenters. The molecule has 0 spiro atoms. The van der Waals surface area contributed by atoms with Gasteiger partial charge in [-0.25, -0.2) is 4.98 Å². The maximum Gasteiger partial charge on any atom is 0.110 e. The van der Waals surface area contributed by atoms with Gasteiger partial charge in [0, 0.05) is 46.5 Å². The third-order valence-corrected chi connectivity index (χ3v) is 5.57. The molecule has 1 aromatic heterocycles. The van der Waals surface area contributed by atoms with E-state index >= 15 is 0 Å². The van der Waals surface area contributed by atoms with Gasteiger partial charge in [-0.3, -0.25) is 0 Å². The minimum Gasteiger partial charge on any atom is -0.335 e. The van der Waals surface area contributed by atoms with Crippen LogP contribution in [0.3, 0.4) is 0 Å². The SMILES string of the molecule is CCCn1ccnc1CC(CSc1ccccc1Br)NC. The molecular weight excluding hydrogens is 346 g/mol. The van der Waals surface area contributed by atoms with Gasteiger partial charge in [-0.15, -0.1) is 11.8 Å². The quantitative estimate of drug-likeness (QED) is 0.715. The Balaban J connectivity index is 1.94. The monoisotopic (exact) mass is 367 g/mol. The molecule has 1 atom stereocenters. The van der Waals surface area contributed by atoms with Crippen molar-refractivity contribution in [1.82, 2.24) is 14.9 Å². The number of rotatable bonds is 8. The molecule has 0 aliphatic rings. The highest BCUT2D eigenvalue weighted by Gasteiger charge is 2.12. The fraction of sp³-hybridized carbons (Fsp3) is 0.438. The van der Waals surface area contributed by atoms with Crippen LogP contribution in [0, 0.1) is 0 Å². The van der Waals surface area contributed by atoms with Crippen LogP contribution in [0.2, 0.25) is 0 Å². The summed E-state index contributed by atoms with van der Waals surface area (Å²) < 4.78 is 3.42. The van der Waals surface area contributed by atoms with Crippen LogP contribution in [-0.4, -0.2) is 28.4 Å². The van der Waals surface area contributed by atoms with Crippen LogP contribution in [0.25, 0.3) is 0 Å². The van der Waals surface area contributed by atoms with Crippen molar-refractivity contribution in [3.63, 3.8) is 0 Å². The van der Waals surface area contributed by atoms with E-state index in [1.54, 1.807) is 0 Å². The summed E-state index contributed by atoms with van der Waals surface area (Å²) in [6.07, 6.45) is 6.07. The number of aromatic nitrogens is 2. The molecule has 0 bridgehead atoms. The summed E-state index contributed by atoms with van der Waals surface area (Å²) in [5.74, 6) is 2.20. The molecule has 5 heteroatoms. The number of thioether (sulfide) groups is 1. The second kappa shape index (κ2) is 8.61. The predicted molar refractivity (Wildman–Crippen MR) is 93.9 cm³/mol. The molecule has 2 aromatic rings. The first kappa shape index (κ1) is 16.6. The first-order valence-corrected chi connectivity index (χ1v) is 9.07. The van der Waals surface area contributed by atoms with Crippen LogP contribution in [0.5, 0.6) is 0 Å². The maximum absolute atomic E-state index is 4.50. The maximum atomic E-state index is 4.50. The van der Waals surface area contributed by atoms with Crippen molar-refractivity contribution in [3.05, 3.63) is 47.0 Å². The number of nitrogens with zero attached hydrogens (tertiary/aromatic N) is 2. The lowest BCUT2D eigenvalue weighted by molar-refractivity contribution is 0.560. The Labute approximate surface area is 139 Å². The molecule has 114 valence electrons. The lowest BCUT2D eigenvalue weighted by atomic mass is 10.2. The largest absolute Gasteiger partial charge is 0.335 e. The van der Waals surface area contributed by atoms with Gasteiger partial charge in [0.1, 0.15) is 5.82 Å². The predicted octanol–water partition coefficient (Wildman–Crippen LogP) is 3.98. The molecule has 0 radical (unpaired) electrons. The smallest absolute Gasteiger partial charge is 0.110 e. The second-order valence-electron chi connectivity index (χ2n) is 4.97. The van der Waals surface area contributed by atoms with E-state index < -0.39 is 0 Å². The van der Waals surface area contributed by atoms with Crippen LogP contribution < -0.4 is 5.32 Å². The summed E-state index contributed by atoms with van der Waals surface area (Å²) in [7, 11) is 2.03. The first-order valence-electron chi connectivity index (χ1n) is 7.29. The molecular formula is C16H22BrN3S. The Hall–Kier alpha value is -0.780. The van der Waals surface area contributed by atoms with E-state index in [2.05, 4.69) is 62.1 Å². The Morgan fingerprint density at radius 1 is 1.38 bits per heavy atom. The number of aryl methyl sites for hydroxylation is 1. The Bertz CT molecular complexity index is 556. The van der Waals surface area contributed by atoms with Gasteiger partial charge in [-0.05, 0) is 41.5 Å². The summed E-state index contributed by atoms with van der Waals surface area (Å²) in [6.45, 7) is 3.24. The van der Waals surface area contributed by atoms with Gasteiger partial charge in [0.2, 0.25) is 0 Å². The minimum atomic E-state index is 0.417. The van der Waals surface area contributed by atoms with Gasteiger partial charge < -0.3 is 9.88 Å². The number of hydrogen-bond donors (Lipinski definition) is 1. The van der Waals surface area contributed by atoms with Gasteiger partial charge in [0.05, 0.1) is 0 Å². The zero-order valence-corrected chi connectivity index (χ0v) is 15.0. The van der Waals surface area contributed by atoms with Crippen molar-refractivity contribution in [1.29, 1.82) is 0 Å². The third-order valence-electron chi connectivity index (χ3n) is 3.38. The van der Waals surface area contributed by atoms with E-state index in [1.165, 1.54) is 10.7 Å². The molecule has 0 aliphatic carbocycles. The summed E-state index contributed by atoms with van der Waals surface area (Å²) in [5.41, 5.74) is 0. The van der Waals surface area contributed by atoms with Crippen molar-refractivity contribution in [2.45, 2.75) is 37.2 Å². The van der Waals surface area contributed by atoms with Gasteiger partial charge in [0.15, 0.2) is 0 Å². The summed E-state index contributed by atoms with van der Waals surface area (Å²) in [6, 6.07) is 8.78. The number of benzene rings is 1. The van der Waals surface area contributed by atoms with Crippen LogP contribution in [0.15, 0.2) is 46.0 Å². The molecule has 1 heterocycles. The highest BCUT2D eigenvalue weighted by Crippen LogP contribution is 2.27. The van der Waals surface area contributed by atoms with E-state index in [-0.39, 0.29) is 0 Å². The van der Waals surface area contributed by atoms with Crippen LogP contribution >= 0.6 is 27.7 Å². The van der Waals surface area contributed by atoms with Crippen molar-refractivity contribution in [2.24, 2.45) is 0 Å².